The Balaban J connectivity index is 0. The lowest BCUT2D eigenvalue weighted by Gasteiger charge is -2.41. The molecule has 0 radical (unpaired) electrons. The van der Waals surface area contributed by atoms with E-state index in [4.69, 9.17) is 0 Å². The van der Waals surface area contributed by atoms with Gasteiger partial charge in [0.1, 0.15) is 0 Å². The molecule has 0 saturated carbocycles. The largest absolute Gasteiger partial charge is 1.00 e. The molecule has 0 rings (SSSR count). The molecule has 0 aromatic rings. The van der Waals surface area contributed by atoms with Gasteiger partial charge in [0, 0.05) is 7.26 Å². The van der Waals surface area contributed by atoms with E-state index in [-0.39, 0.29) is 17.0 Å². The van der Waals surface area contributed by atoms with E-state index in [2.05, 4.69) is 55.4 Å². The molecule has 0 amide bonds. The molecule has 0 nitrogen and oxygen atoms in total. The maximum Gasteiger partial charge on any atom is 0.0649 e. The number of halogens is 1. The first-order valence-corrected chi connectivity index (χ1v) is 7.72. The molecule has 0 aromatic heterocycles. The zero-order valence-electron chi connectivity index (χ0n) is 11.1. The van der Waals surface area contributed by atoms with Crippen LogP contribution in [0.3, 0.4) is 0 Å². The molecule has 0 fully saturated rings. The molecule has 0 heterocycles. The Bertz CT molecular complexity index is 113. The number of rotatable bonds is 4. The van der Waals surface area contributed by atoms with Crippen LogP contribution in [-0.4, -0.2) is 22.6 Å². The van der Waals surface area contributed by atoms with E-state index in [0.717, 1.165) is 22.6 Å². The summed E-state index contributed by atoms with van der Waals surface area (Å²) in [5, 5.41) is 0. The highest BCUT2D eigenvalue weighted by Crippen LogP contribution is 2.73. The van der Waals surface area contributed by atoms with E-state index in [9.17, 15) is 0 Å². The molecule has 0 aliphatic rings. The Labute approximate surface area is 102 Å². The van der Waals surface area contributed by atoms with Gasteiger partial charge in [-0.1, -0.05) is 0 Å². The molecule has 0 saturated heterocycles. The fraction of sp³-hybridized carbons (Fsp3) is 1.00. The van der Waals surface area contributed by atoms with Crippen LogP contribution in [0.1, 0.15) is 55.4 Å². The minimum atomic E-state index is -0.784. The van der Waals surface area contributed by atoms with Gasteiger partial charge in [0.25, 0.3) is 0 Å². The van der Waals surface area contributed by atoms with Crippen LogP contribution in [0.25, 0.3) is 0 Å². The van der Waals surface area contributed by atoms with Gasteiger partial charge in [-0.05, 0) is 55.4 Å². The maximum absolute atomic E-state index is 2.42. The highest BCUT2D eigenvalue weighted by Gasteiger charge is 2.49. The Kier molecular flexibility index (Phi) is 8.02. The second-order valence-electron chi connectivity index (χ2n) is 5.27. The maximum atomic E-state index is 2.42. The average Bonchev–Trinajstić information content (AvgIpc) is 1.82. The molecular formula is C12H28BrP. The molecule has 0 N–H and O–H groups in total. The summed E-state index contributed by atoms with van der Waals surface area (Å²) in [4.78, 5) is 0. The molecule has 2 heteroatoms. The lowest BCUT2D eigenvalue weighted by Crippen LogP contribution is -3.00. The summed E-state index contributed by atoms with van der Waals surface area (Å²) in [6.07, 6.45) is 0. The lowest BCUT2D eigenvalue weighted by molar-refractivity contribution is -0.00000334. The van der Waals surface area contributed by atoms with Gasteiger partial charge in [0.05, 0.1) is 22.6 Å². The van der Waals surface area contributed by atoms with Crippen molar-refractivity contribution in [3.8, 4) is 0 Å². The Hall–Kier alpha value is 0.910. The summed E-state index contributed by atoms with van der Waals surface area (Å²) < 4.78 is 0. The van der Waals surface area contributed by atoms with E-state index >= 15 is 0 Å². The molecule has 0 bridgehead atoms. The van der Waals surface area contributed by atoms with E-state index in [1.165, 1.54) is 0 Å². The molecule has 0 unspecified atom stereocenters. The van der Waals surface area contributed by atoms with Crippen molar-refractivity contribution in [2.24, 2.45) is 0 Å². The van der Waals surface area contributed by atoms with E-state index < -0.39 is 7.26 Å². The van der Waals surface area contributed by atoms with E-state index in [0.29, 0.717) is 0 Å². The first kappa shape index (κ1) is 17.3. The van der Waals surface area contributed by atoms with Crippen LogP contribution in [0.4, 0.5) is 0 Å². The highest BCUT2D eigenvalue weighted by atomic mass is 79.9. The van der Waals surface area contributed by atoms with Gasteiger partial charge in [-0.25, -0.2) is 0 Å². The van der Waals surface area contributed by atoms with Crippen molar-refractivity contribution in [1.29, 1.82) is 0 Å². The summed E-state index contributed by atoms with van der Waals surface area (Å²) in [5.41, 5.74) is 3.53. The van der Waals surface area contributed by atoms with Crippen molar-refractivity contribution in [3.05, 3.63) is 0 Å². The van der Waals surface area contributed by atoms with Crippen molar-refractivity contribution in [2.75, 3.05) is 0 Å². The number of hydrogen-bond donors (Lipinski definition) is 0. The van der Waals surface area contributed by atoms with Gasteiger partial charge >= 0.3 is 0 Å². The highest BCUT2D eigenvalue weighted by molar-refractivity contribution is 7.78. The van der Waals surface area contributed by atoms with Crippen LogP contribution in [0.2, 0.25) is 0 Å². The minimum absolute atomic E-state index is 0. The number of hydrogen-bond acceptors (Lipinski definition) is 0. The molecule has 0 aromatic carbocycles. The molecule has 0 spiro atoms. The monoisotopic (exact) mass is 282 g/mol. The third-order valence-electron chi connectivity index (χ3n) is 3.58. The lowest BCUT2D eigenvalue weighted by atomic mass is 10.5. The Morgan fingerprint density at radius 3 is 0.643 bits per heavy atom. The quantitative estimate of drug-likeness (QED) is 0.688. The second-order valence-corrected chi connectivity index (χ2v) is 11.2. The normalized spacial score (nSPS) is 12.9. The van der Waals surface area contributed by atoms with Gasteiger partial charge in [0.15, 0.2) is 0 Å². The Morgan fingerprint density at radius 2 is 0.643 bits per heavy atom. The smallest absolute Gasteiger partial charge is 0.0649 e. The SMILES string of the molecule is CC(C)[P+](C(C)C)(C(C)C)C(C)C.[Br-]. The van der Waals surface area contributed by atoms with Crippen molar-refractivity contribution in [1.82, 2.24) is 0 Å². The van der Waals surface area contributed by atoms with Gasteiger partial charge in [-0.15, -0.1) is 0 Å². The van der Waals surface area contributed by atoms with Crippen molar-refractivity contribution >= 4 is 7.26 Å². The van der Waals surface area contributed by atoms with Gasteiger partial charge < -0.3 is 17.0 Å². The molecule has 0 atom stereocenters. The summed E-state index contributed by atoms with van der Waals surface area (Å²) in [6, 6.07) is 0. The standard InChI is InChI=1S/C12H28P.BrH/c1-9(2)13(10(3)4,11(5)6)12(7)8;/h9-12H,1-8H3;1H/q+1;/p-1. The van der Waals surface area contributed by atoms with Crippen molar-refractivity contribution in [2.45, 2.75) is 78.0 Å². The van der Waals surface area contributed by atoms with Gasteiger partial charge in [0.2, 0.25) is 0 Å². The van der Waals surface area contributed by atoms with E-state index in [1.807, 2.05) is 0 Å². The van der Waals surface area contributed by atoms with Crippen molar-refractivity contribution in [3.63, 3.8) is 0 Å². The first-order valence-electron chi connectivity index (χ1n) is 5.65. The van der Waals surface area contributed by atoms with Gasteiger partial charge in [-0.3, -0.25) is 0 Å². The molecule has 88 valence electrons. The van der Waals surface area contributed by atoms with Crippen molar-refractivity contribution < 1.29 is 17.0 Å². The van der Waals surface area contributed by atoms with Crippen LogP contribution in [0, 0.1) is 0 Å². The van der Waals surface area contributed by atoms with Crippen LogP contribution in [0.5, 0.6) is 0 Å². The Morgan fingerprint density at radius 1 is 0.500 bits per heavy atom. The summed E-state index contributed by atoms with van der Waals surface area (Å²) >= 11 is 0. The predicted molar refractivity (Wildman–Crippen MR) is 67.5 cm³/mol. The topological polar surface area (TPSA) is 0 Å². The minimum Gasteiger partial charge on any atom is -1.00 e. The molecular weight excluding hydrogens is 255 g/mol. The fourth-order valence-electron chi connectivity index (χ4n) is 3.58. The van der Waals surface area contributed by atoms with E-state index in [1.54, 1.807) is 0 Å². The zero-order chi connectivity index (χ0) is 10.8. The molecule has 14 heavy (non-hydrogen) atoms. The van der Waals surface area contributed by atoms with Crippen LogP contribution >= 0.6 is 7.26 Å². The second kappa shape index (κ2) is 6.48. The molecule has 0 aliphatic heterocycles. The third kappa shape index (κ3) is 2.95. The van der Waals surface area contributed by atoms with Crippen LogP contribution < -0.4 is 17.0 Å². The third-order valence-corrected chi connectivity index (χ3v) is 10.7. The zero-order valence-corrected chi connectivity index (χ0v) is 13.6. The van der Waals surface area contributed by atoms with Gasteiger partial charge in [-0.2, -0.15) is 0 Å². The van der Waals surface area contributed by atoms with Crippen LogP contribution in [0.15, 0.2) is 0 Å². The predicted octanol–water partition coefficient (Wildman–Crippen LogP) is 1.64. The first-order chi connectivity index (χ1) is 5.77. The fourth-order valence-corrected chi connectivity index (χ4v) is 10.7. The summed E-state index contributed by atoms with van der Waals surface area (Å²) in [5.74, 6) is 0. The molecule has 0 aliphatic carbocycles. The summed E-state index contributed by atoms with van der Waals surface area (Å²) in [7, 11) is -0.784. The van der Waals surface area contributed by atoms with Crippen LogP contribution in [-0.2, 0) is 0 Å². The summed E-state index contributed by atoms with van der Waals surface area (Å²) in [6.45, 7) is 19.4. The average molecular weight is 283 g/mol.